The van der Waals surface area contributed by atoms with Crippen molar-refractivity contribution in [2.24, 2.45) is 0 Å². The van der Waals surface area contributed by atoms with E-state index in [2.05, 4.69) is 21.2 Å². The molecule has 1 aromatic heterocycles. The predicted molar refractivity (Wildman–Crippen MR) is 56.4 cm³/mol. The van der Waals surface area contributed by atoms with Crippen LogP contribution in [0.4, 0.5) is 0 Å². The Morgan fingerprint density at radius 2 is 2.50 bits per heavy atom. The van der Waals surface area contributed by atoms with Crippen LogP contribution >= 0.6 is 15.9 Å². The Kier molecular flexibility index (Phi) is 3.03. The lowest BCUT2D eigenvalue weighted by molar-refractivity contribution is 0.0943. The Morgan fingerprint density at radius 1 is 1.64 bits per heavy atom. The van der Waals surface area contributed by atoms with Gasteiger partial charge in [0, 0.05) is 12.5 Å². The normalized spacial score (nSPS) is 21.4. The zero-order valence-corrected chi connectivity index (χ0v) is 9.34. The molecule has 4 heteroatoms. The van der Waals surface area contributed by atoms with Gasteiger partial charge in [-0.15, -0.1) is 0 Å². The van der Waals surface area contributed by atoms with Crippen molar-refractivity contribution in [1.29, 1.82) is 0 Å². The summed E-state index contributed by atoms with van der Waals surface area (Å²) >= 11 is 3.18. The van der Waals surface area contributed by atoms with E-state index in [-0.39, 0.29) is 5.78 Å². The van der Waals surface area contributed by atoms with Crippen molar-refractivity contribution < 1.29 is 9.21 Å². The van der Waals surface area contributed by atoms with Crippen LogP contribution in [0.2, 0.25) is 0 Å². The Hall–Kier alpha value is -0.610. The van der Waals surface area contributed by atoms with E-state index < -0.39 is 0 Å². The van der Waals surface area contributed by atoms with Crippen molar-refractivity contribution >= 4 is 21.7 Å². The average Bonchev–Trinajstić information content (AvgIpc) is 2.75. The quantitative estimate of drug-likeness (QED) is 0.846. The monoisotopic (exact) mass is 257 g/mol. The number of ketones is 1. The average molecular weight is 258 g/mol. The summed E-state index contributed by atoms with van der Waals surface area (Å²) in [7, 11) is 0. The van der Waals surface area contributed by atoms with E-state index in [0.29, 0.717) is 22.9 Å². The Bertz CT molecular complexity index is 329. The molecule has 1 N–H and O–H groups in total. The molecule has 0 aromatic carbocycles. The molecule has 2 heterocycles. The lowest BCUT2D eigenvalue weighted by Crippen LogP contribution is -2.24. The molecule has 1 unspecified atom stereocenters. The van der Waals surface area contributed by atoms with Crippen LogP contribution in [-0.4, -0.2) is 18.4 Å². The molecule has 0 spiro atoms. The fourth-order valence-electron chi connectivity index (χ4n) is 1.72. The van der Waals surface area contributed by atoms with E-state index in [1.54, 1.807) is 12.1 Å². The van der Waals surface area contributed by atoms with Gasteiger partial charge in [0.2, 0.25) is 0 Å². The van der Waals surface area contributed by atoms with E-state index in [1.807, 2.05) is 0 Å². The molecule has 1 saturated heterocycles. The van der Waals surface area contributed by atoms with Crippen molar-refractivity contribution in [2.45, 2.75) is 25.3 Å². The van der Waals surface area contributed by atoms with Crippen LogP contribution in [0, 0.1) is 0 Å². The molecule has 1 fully saturated rings. The molecule has 3 nitrogen and oxygen atoms in total. The number of hydrogen-bond donors (Lipinski definition) is 1. The van der Waals surface area contributed by atoms with E-state index in [4.69, 9.17) is 4.42 Å². The largest absolute Gasteiger partial charge is 0.446 e. The molecule has 76 valence electrons. The second-order valence-electron chi connectivity index (χ2n) is 3.52. The fourth-order valence-corrected chi connectivity index (χ4v) is 2.03. The van der Waals surface area contributed by atoms with Crippen molar-refractivity contribution in [3.05, 3.63) is 22.6 Å². The summed E-state index contributed by atoms with van der Waals surface area (Å²) in [6.07, 6.45) is 2.80. The van der Waals surface area contributed by atoms with Gasteiger partial charge in [-0.2, -0.15) is 0 Å². The van der Waals surface area contributed by atoms with Crippen LogP contribution in [0.1, 0.15) is 29.8 Å². The van der Waals surface area contributed by atoms with Crippen molar-refractivity contribution in [2.75, 3.05) is 6.54 Å². The molecule has 1 aliphatic rings. The number of carbonyl (C=O) groups is 1. The van der Waals surface area contributed by atoms with Gasteiger partial charge in [0.15, 0.2) is 16.2 Å². The molecule has 2 rings (SSSR count). The maximum absolute atomic E-state index is 11.7. The van der Waals surface area contributed by atoms with Crippen LogP contribution in [0.3, 0.4) is 0 Å². The minimum Gasteiger partial charge on any atom is -0.446 e. The first kappa shape index (κ1) is 9.93. The lowest BCUT2D eigenvalue weighted by atomic mass is 10.1. The van der Waals surface area contributed by atoms with Crippen LogP contribution in [0.15, 0.2) is 21.2 Å². The van der Waals surface area contributed by atoms with Crippen LogP contribution < -0.4 is 5.32 Å². The van der Waals surface area contributed by atoms with E-state index in [9.17, 15) is 4.79 Å². The lowest BCUT2D eigenvalue weighted by Gasteiger charge is -2.06. The molecule has 0 bridgehead atoms. The third kappa shape index (κ3) is 2.25. The zero-order valence-electron chi connectivity index (χ0n) is 7.75. The first-order chi connectivity index (χ1) is 6.75. The molecule has 1 atom stereocenters. The van der Waals surface area contributed by atoms with Crippen LogP contribution in [0.25, 0.3) is 0 Å². The maximum atomic E-state index is 11.7. The molecule has 1 aliphatic heterocycles. The fraction of sp³-hybridized carbons (Fsp3) is 0.500. The second kappa shape index (κ2) is 4.28. The van der Waals surface area contributed by atoms with Crippen molar-refractivity contribution in [1.82, 2.24) is 5.32 Å². The number of nitrogens with one attached hydrogen (secondary N) is 1. The van der Waals surface area contributed by atoms with Gasteiger partial charge >= 0.3 is 0 Å². The van der Waals surface area contributed by atoms with Crippen molar-refractivity contribution in [3.63, 3.8) is 0 Å². The first-order valence-electron chi connectivity index (χ1n) is 4.77. The molecule has 0 amide bonds. The number of halogens is 1. The molecular weight excluding hydrogens is 246 g/mol. The Morgan fingerprint density at radius 3 is 3.07 bits per heavy atom. The number of rotatable bonds is 3. The second-order valence-corrected chi connectivity index (χ2v) is 4.31. The number of Topliss-reactive ketones (excluding diaryl/α,β-unsaturated/α-hetero) is 1. The maximum Gasteiger partial charge on any atom is 0.199 e. The summed E-state index contributed by atoms with van der Waals surface area (Å²) in [4.78, 5) is 11.7. The Balaban J connectivity index is 1.95. The molecule has 0 saturated carbocycles. The van der Waals surface area contributed by atoms with E-state index >= 15 is 0 Å². The summed E-state index contributed by atoms with van der Waals surface area (Å²) < 4.78 is 5.81. The Labute approximate surface area is 91.0 Å². The first-order valence-corrected chi connectivity index (χ1v) is 5.57. The molecule has 0 radical (unpaired) electrons. The SMILES string of the molecule is O=C(CC1CCCN1)c1ccc(Br)o1. The van der Waals surface area contributed by atoms with Gasteiger partial charge in [-0.05, 0) is 47.4 Å². The van der Waals surface area contributed by atoms with Crippen molar-refractivity contribution in [3.8, 4) is 0 Å². The highest BCUT2D eigenvalue weighted by Crippen LogP contribution is 2.18. The number of carbonyl (C=O) groups excluding carboxylic acids is 1. The number of furan rings is 1. The summed E-state index contributed by atoms with van der Waals surface area (Å²) in [5.41, 5.74) is 0. The van der Waals surface area contributed by atoms with Gasteiger partial charge in [-0.1, -0.05) is 0 Å². The highest BCUT2D eigenvalue weighted by molar-refractivity contribution is 9.10. The third-order valence-corrected chi connectivity index (χ3v) is 2.87. The van der Waals surface area contributed by atoms with Gasteiger partial charge in [0.1, 0.15) is 0 Å². The highest BCUT2D eigenvalue weighted by atomic mass is 79.9. The van der Waals surface area contributed by atoms with E-state index in [0.717, 1.165) is 13.0 Å². The number of hydrogen-bond acceptors (Lipinski definition) is 3. The van der Waals surface area contributed by atoms with Gasteiger partial charge in [-0.3, -0.25) is 4.79 Å². The molecule has 0 aliphatic carbocycles. The van der Waals surface area contributed by atoms with Crippen LogP contribution in [0.5, 0.6) is 0 Å². The summed E-state index contributed by atoms with van der Waals surface area (Å²) in [5, 5.41) is 3.29. The van der Waals surface area contributed by atoms with Gasteiger partial charge in [-0.25, -0.2) is 0 Å². The zero-order chi connectivity index (χ0) is 9.97. The smallest absolute Gasteiger partial charge is 0.199 e. The van der Waals surface area contributed by atoms with Gasteiger partial charge in [0.25, 0.3) is 0 Å². The van der Waals surface area contributed by atoms with Gasteiger partial charge in [0.05, 0.1) is 0 Å². The topological polar surface area (TPSA) is 42.2 Å². The summed E-state index contributed by atoms with van der Waals surface area (Å²) in [6, 6.07) is 3.79. The minimum atomic E-state index is 0.0788. The minimum absolute atomic E-state index is 0.0788. The highest BCUT2D eigenvalue weighted by Gasteiger charge is 2.20. The standard InChI is InChI=1S/C10H12BrNO2/c11-10-4-3-9(14-10)8(13)6-7-2-1-5-12-7/h3-4,7,12H,1-2,5-6H2. The van der Waals surface area contributed by atoms with E-state index in [1.165, 1.54) is 6.42 Å². The summed E-state index contributed by atoms with van der Waals surface area (Å²) in [6.45, 7) is 1.03. The third-order valence-electron chi connectivity index (χ3n) is 2.44. The molecule has 14 heavy (non-hydrogen) atoms. The predicted octanol–water partition coefficient (Wildman–Crippen LogP) is 2.37. The van der Waals surface area contributed by atoms with Crippen LogP contribution in [-0.2, 0) is 0 Å². The molecule has 1 aromatic rings. The summed E-state index contributed by atoms with van der Waals surface area (Å²) in [5.74, 6) is 0.528. The molecular formula is C10H12BrNO2. The van der Waals surface area contributed by atoms with Gasteiger partial charge < -0.3 is 9.73 Å².